The lowest BCUT2D eigenvalue weighted by Gasteiger charge is -2.21. The van der Waals surface area contributed by atoms with E-state index in [1.54, 1.807) is 0 Å². The average molecular weight is 397 g/mol. The lowest BCUT2D eigenvalue weighted by molar-refractivity contribution is 0.102. The standard InChI is InChI=1S/C21H21F2N5O/c1-3-28(4-2)16-8-5-14(6-9-16)26-20-13-24-19(12-25-20)21(29)27-15-7-10-17(22)18(23)11-15/h5-13H,3-4H2,1-2H3,(H,25,26)(H,27,29). The summed E-state index contributed by atoms with van der Waals surface area (Å²) in [5.74, 6) is -2.12. The molecular formula is C21H21F2N5O. The fraction of sp³-hybridized carbons (Fsp3) is 0.190. The van der Waals surface area contributed by atoms with Gasteiger partial charge in [-0.1, -0.05) is 0 Å². The number of hydrogen-bond donors (Lipinski definition) is 2. The molecule has 0 aliphatic rings. The molecule has 2 N–H and O–H groups in total. The third-order valence-electron chi connectivity index (χ3n) is 4.33. The lowest BCUT2D eigenvalue weighted by atomic mass is 10.2. The zero-order valence-corrected chi connectivity index (χ0v) is 16.1. The summed E-state index contributed by atoms with van der Waals surface area (Å²) in [5, 5.41) is 5.57. The van der Waals surface area contributed by atoms with Gasteiger partial charge in [0.25, 0.3) is 5.91 Å². The third kappa shape index (κ3) is 5.04. The van der Waals surface area contributed by atoms with Gasteiger partial charge in [0, 0.05) is 36.2 Å². The zero-order chi connectivity index (χ0) is 20.8. The number of amides is 1. The Morgan fingerprint density at radius 2 is 1.62 bits per heavy atom. The molecule has 0 aliphatic carbocycles. The van der Waals surface area contributed by atoms with E-state index in [1.807, 2.05) is 24.3 Å². The molecule has 0 unspecified atom stereocenters. The topological polar surface area (TPSA) is 70.2 Å². The molecule has 1 amide bonds. The molecular weight excluding hydrogens is 376 g/mol. The second-order valence-corrected chi connectivity index (χ2v) is 6.21. The summed E-state index contributed by atoms with van der Waals surface area (Å²) in [6, 6.07) is 11.0. The van der Waals surface area contributed by atoms with Gasteiger partial charge < -0.3 is 15.5 Å². The molecule has 0 aliphatic heterocycles. The molecule has 1 aromatic heterocycles. The van der Waals surface area contributed by atoms with Crippen molar-refractivity contribution < 1.29 is 13.6 Å². The minimum absolute atomic E-state index is 0.0529. The van der Waals surface area contributed by atoms with E-state index < -0.39 is 17.5 Å². The zero-order valence-electron chi connectivity index (χ0n) is 16.1. The van der Waals surface area contributed by atoms with Gasteiger partial charge in [-0.15, -0.1) is 0 Å². The number of benzene rings is 2. The van der Waals surface area contributed by atoms with Crippen molar-refractivity contribution in [3.63, 3.8) is 0 Å². The minimum Gasteiger partial charge on any atom is -0.372 e. The average Bonchev–Trinajstić information content (AvgIpc) is 2.73. The van der Waals surface area contributed by atoms with Crippen LogP contribution in [0.3, 0.4) is 0 Å². The van der Waals surface area contributed by atoms with E-state index in [1.165, 1.54) is 18.5 Å². The van der Waals surface area contributed by atoms with Crippen molar-refractivity contribution in [2.24, 2.45) is 0 Å². The number of rotatable bonds is 7. The van der Waals surface area contributed by atoms with Crippen LogP contribution in [0.15, 0.2) is 54.9 Å². The molecule has 0 radical (unpaired) electrons. The fourth-order valence-corrected chi connectivity index (χ4v) is 2.77. The smallest absolute Gasteiger partial charge is 0.275 e. The summed E-state index contributed by atoms with van der Waals surface area (Å²) >= 11 is 0. The van der Waals surface area contributed by atoms with Crippen LogP contribution in [-0.4, -0.2) is 29.0 Å². The van der Waals surface area contributed by atoms with E-state index in [2.05, 4.69) is 39.3 Å². The summed E-state index contributed by atoms with van der Waals surface area (Å²) in [6.45, 7) is 6.08. The predicted octanol–water partition coefficient (Wildman–Crippen LogP) is 4.60. The molecule has 0 bridgehead atoms. The van der Waals surface area contributed by atoms with Crippen LogP contribution in [0, 0.1) is 11.6 Å². The monoisotopic (exact) mass is 397 g/mol. The van der Waals surface area contributed by atoms with Gasteiger partial charge in [-0.25, -0.2) is 18.7 Å². The molecule has 0 fully saturated rings. The first-order valence-electron chi connectivity index (χ1n) is 9.20. The Hall–Kier alpha value is -3.55. The highest BCUT2D eigenvalue weighted by Gasteiger charge is 2.11. The van der Waals surface area contributed by atoms with Gasteiger partial charge in [-0.05, 0) is 50.2 Å². The van der Waals surface area contributed by atoms with Crippen LogP contribution in [0.1, 0.15) is 24.3 Å². The molecule has 0 spiro atoms. The highest BCUT2D eigenvalue weighted by molar-refractivity contribution is 6.02. The van der Waals surface area contributed by atoms with Gasteiger partial charge in [0.05, 0.1) is 12.4 Å². The van der Waals surface area contributed by atoms with Gasteiger partial charge in [0.1, 0.15) is 11.5 Å². The second-order valence-electron chi connectivity index (χ2n) is 6.21. The minimum atomic E-state index is -1.04. The SMILES string of the molecule is CCN(CC)c1ccc(Nc2cnc(C(=O)Nc3ccc(F)c(F)c3)cn2)cc1. The second kappa shape index (κ2) is 9.09. The van der Waals surface area contributed by atoms with E-state index in [4.69, 9.17) is 0 Å². The summed E-state index contributed by atoms with van der Waals surface area (Å²) in [7, 11) is 0. The summed E-state index contributed by atoms with van der Waals surface area (Å²) in [4.78, 5) is 22.7. The van der Waals surface area contributed by atoms with Crippen LogP contribution in [-0.2, 0) is 0 Å². The van der Waals surface area contributed by atoms with Crippen molar-refractivity contribution in [3.8, 4) is 0 Å². The Kier molecular flexibility index (Phi) is 6.33. The number of carbonyl (C=O) groups excluding carboxylic acids is 1. The Balaban J connectivity index is 1.63. The van der Waals surface area contributed by atoms with Crippen LogP contribution >= 0.6 is 0 Å². The quantitative estimate of drug-likeness (QED) is 0.610. The highest BCUT2D eigenvalue weighted by atomic mass is 19.2. The van der Waals surface area contributed by atoms with Crippen LogP contribution in [0.4, 0.5) is 31.7 Å². The lowest BCUT2D eigenvalue weighted by Crippen LogP contribution is -2.21. The number of hydrogen-bond acceptors (Lipinski definition) is 5. The van der Waals surface area contributed by atoms with Crippen molar-refractivity contribution in [3.05, 3.63) is 72.2 Å². The van der Waals surface area contributed by atoms with Gasteiger partial charge in [0.15, 0.2) is 11.6 Å². The number of nitrogens with one attached hydrogen (secondary N) is 2. The fourth-order valence-electron chi connectivity index (χ4n) is 2.77. The molecule has 3 rings (SSSR count). The number of aromatic nitrogens is 2. The Bertz CT molecular complexity index is 973. The van der Waals surface area contributed by atoms with Gasteiger partial charge in [-0.3, -0.25) is 4.79 Å². The van der Waals surface area contributed by atoms with Crippen LogP contribution in [0.2, 0.25) is 0 Å². The number of anilines is 4. The van der Waals surface area contributed by atoms with Crippen molar-refractivity contribution in [1.82, 2.24) is 9.97 Å². The molecule has 8 heteroatoms. The first kappa shape index (κ1) is 20.2. The number of nitrogens with zero attached hydrogens (tertiary/aromatic N) is 3. The molecule has 0 atom stereocenters. The van der Waals surface area contributed by atoms with Crippen molar-refractivity contribution in [2.75, 3.05) is 28.6 Å². The van der Waals surface area contributed by atoms with E-state index >= 15 is 0 Å². The van der Waals surface area contributed by atoms with Crippen molar-refractivity contribution in [2.45, 2.75) is 13.8 Å². The third-order valence-corrected chi connectivity index (χ3v) is 4.33. The normalized spacial score (nSPS) is 10.5. The number of halogens is 2. The first-order valence-corrected chi connectivity index (χ1v) is 9.20. The Morgan fingerprint density at radius 3 is 2.21 bits per heavy atom. The maximum Gasteiger partial charge on any atom is 0.275 e. The van der Waals surface area contributed by atoms with Gasteiger partial charge in [0.2, 0.25) is 0 Å². The predicted molar refractivity (Wildman–Crippen MR) is 110 cm³/mol. The molecule has 150 valence electrons. The summed E-state index contributed by atoms with van der Waals surface area (Å²) in [6.07, 6.45) is 2.74. The Labute approximate surface area is 167 Å². The molecule has 6 nitrogen and oxygen atoms in total. The van der Waals surface area contributed by atoms with Gasteiger partial charge >= 0.3 is 0 Å². The Morgan fingerprint density at radius 1 is 0.931 bits per heavy atom. The molecule has 0 saturated heterocycles. The molecule has 2 aromatic carbocycles. The molecule has 0 saturated carbocycles. The largest absolute Gasteiger partial charge is 0.372 e. The highest BCUT2D eigenvalue weighted by Crippen LogP contribution is 2.20. The van der Waals surface area contributed by atoms with Crippen LogP contribution < -0.4 is 15.5 Å². The molecule has 29 heavy (non-hydrogen) atoms. The van der Waals surface area contributed by atoms with Crippen LogP contribution in [0.25, 0.3) is 0 Å². The first-order chi connectivity index (χ1) is 14.0. The van der Waals surface area contributed by atoms with Crippen molar-refractivity contribution >= 4 is 28.8 Å². The summed E-state index contributed by atoms with van der Waals surface area (Å²) in [5.41, 5.74) is 2.16. The summed E-state index contributed by atoms with van der Waals surface area (Å²) < 4.78 is 26.2. The maximum atomic E-state index is 13.2. The van der Waals surface area contributed by atoms with E-state index in [-0.39, 0.29) is 11.4 Å². The van der Waals surface area contributed by atoms with Crippen LogP contribution in [0.5, 0.6) is 0 Å². The van der Waals surface area contributed by atoms with Crippen molar-refractivity contribution in [1.29, 1.82) is 0 Å². The number of carbonyl (C=O) groups is 1. The van der Waals surface area contributed by atoms with E-state index in [9.17, 15) is 13.6 Å². The maximum absolute atomic E-state index is 13.2. The van der Waals surface area contributed by atoms with Gasteiger partial charge in [-0.2, -0.15) is 0 Å². The van der Waals surface area contributed by atoms with E-state index in [0.29, 0.717) is 5.82 Å². The molecule has 3 aromatic rings. The molecule has 1 heterocycles. The van der Waals surface area contributed by atoms with E-state index in [0.717, 1.165) is 36.6 Å².